The highest BCUT2D eigenvalue weighted by atomic mass is 15.1. The van der Waals surface area contributed by atoms with Crippen LogP contribution in [-0.4, -0.2) is 4.57 Å². The van der Waals surface area contributed by atoms with Gasteiger partial charge in [0.25, 0.3) is 0 Å². The molecule has 0 saturated heterocycles. The number of para-hydroxylation sites is 3. The maximum Gasteiger partial charge on any atom is 0.0714 e. The molecule has 1 aliphatic rings. The molecule has 0 aliphatic heterocycles. The number of anilines is 3. The molecule has 0 amide bonds. The Morgan fingerprint density at radius 2 is 0.934 bits per heavy atom. The van der Waals surface area contributed by atoms with Gasteiger partial charge in [-0.3, -0.25) is 0 Å². The molecule has 1 unspecified atom stereocenters. The number of fused-ring (bicyclic) bond motifs is 8. The van der Waals surface area contributed by atoms with Gasteiger partial charge < -0.3 is 9.47 Å². The van der Waals surface area contributed by atoms with Crippen molar-refractivity contribution in [2.75, 3.05) is 4.90 Å². The SMILES string of the molecule is c1ccc(N(c2ccc(-c3ccc4ccccc4c3)cc2)c2ccc(C3(c4ccccc4)c4ccccc4-c4c3ccc3c5ccccc5n(-c5ccccc5)c43)cc2)cc1. The number of hydrogen-bond acceptors (Lipinski definition) is 1. The fourth-order valence-electron chi connectivity index (χ4n) is 10.2. The normalized spacial score (nSPS) is 14.3. The predicted molar refractivity (Wildman–Crippen MR) is 256 cm³/mol. The number of aromatic nitrogens is 1. The van der Waals surface area contributed by atoms with Crippen molar-refractivity contribution in [3.63, 3.8) is 0 Å². The lowest BCUT2D eigenvalue weighted by molar-refractivity contribution is 0.769. The van der Waals surface area contributed by atoms with Gasteiger partial charge in [-0.25, -0.2) is 0 Å². The first kappa shape index (κ1) is 35.0. The van der Waals surface area contributed by atoms with Crippen molar-refractivity contribution in [3.05, 3.63) is 265 Å². The Morgan fingerprint density at radius 3 is 1.70 bits per heavy atom. The standard InChI is InChI=1S/C59H40N2/c1-4-18-45(19-5-1)59(54-26-14-12-25-53(54)57-55(59)39-38-52-51-24-13-15-27-56(51)61(58(52)57)48-22-8-3-9-23-48)46-32-36-50(37-33-46)60(47-20-6-2-7-21-47)49-34-30-42(31-35-49)44-29-28-41-16-10-11-17-43(41)40-44/h1-40H. The molecule has 11 aromatic rings. The van der Waals surface area contributed by atoms with Crippen molar-refractivity contribution in [3.8, 4) is 27.9 Å². The zero-order valence-electron chi connectivity index (χ0n) is 33.5. The summed E-state index contributed by atoms with van der Waals surface area (Å²) >= 11 is 0. The molecule has 0 fully saturated rings. The number of benzene rings is 10. The number of nitrogens with zero attached hydrogens (tertiary/aromatic N) is 2. The molecule has 1 aliphatic carbocycles. The fourth-order valence-corrected chi connectivity index (χ4v) is 10.2. The molecular formula is C59H40N2. The lowest BCUT2D eigenvalue weighted by Crippen LogP contribution is -2.28. The van der Waals surface area contributed by atoms with Crippen LogP contribution in [0, 0.1) is 0 Å². The molecule has 0 saturated carbocycles. The third-order valence-corrected chi connectivity index (χ3v) is 12.8. The van der Waals surface area contributed by atoms with Crippen LogP contribution in [0.1, 0.15) is 22.3 Å². The highest BCUT2D eigenvalue weighted by Gasteiger charge is 2.47. The second kappa shape index (κ2) is 14.1. The average Bonchev–Trinajstić information content (AvgIpc) is 3.84. The molecule has 286 valence electrons. The second-order valence-electron chi connectivity index (χ2n) is 16.1. The van der Waals surface area contributed by atoms with E-state index in [1.165, 1.54) is 77.1 Å². The zero-order chi connectivity index (χ0) is 40.3. The Kier molecular flexibility index (Phi) is 8.11. The van der Waals surface area contributed by atoms with Crippen LogP contribution in [0.3, 0.4) is 0 Å². The van der Waals surface area contributed by atoms with Gasteiger partial charge in [-0.1, -0.05) is 182 Å². The van der Waals surface area contributed by atoms with Crippen LogP contribution < -0.4 is 4.90 Å². The minimum Gasteiger partial charge on any atom is -0.311 e. The van der Waals surface area contributed by atoms with E-state index in [4.69, 9.17) is 0 Å². The first-order valence-corrected chi connectivity index (χ1v) is 21.1. The van der Waals surface area contributed by atoms with Gasteiger partial charge >= 0.3 is 0 Å². The predicted octanol–water partition coefficient (Wildman–Crippen LogP) is 15.4. The van der Waals surface area contributed by atoms with Crippen LogP contribution in [0.5, 0.6) is 0 Å². The van der Waals surface area contributed by atoms with E-state index >= 15 is 0 Å². The quantitative estimate of drug-likeness (QED) is 0.156. The maximum atomic E-state index is 2.48. The highest BCUT2D eigenvalue weighted by molar-refractivity contribution is 6.16. The topological polar surface area (TPSA) is 8.17 Å². The lowest BCUT2D eigenvalue weighted by Gasteiger charge is -2.34. The van der Waals surface area contributed by atoms with Gasteiger partial charge in [-0.05, 0) is 110 Å². The van der Waals surface area contributed by atoms with E-state index in [1.54, 1.807) is 0 Å². The van der Waals surface area contributed by atoms with E-state index in [9.17, 15) is 0 Å². The summed E-state index contributed by atoms with van der Waals surface area (Å²) in [6.07, 6.45) is 0. The Morgan fingerprint density at radius 1 is 0.361 bits per heavy atom. The minimum atomic E-state index is -0.559. The van der Waals surface area contributed by atoms with Gasteiger partial charge in [0.15, 0.2) is 0 Å². The summed E-state index contributed by atoms with van der Waals surface area (Å²) in [6.45, 7) is 0. The first-order valence-electron chi connectivity index (χ1n) is 21.1. The Labute approximate surface area is 355 Å². The molecule has 12 rings (SSSR count). The molecule has 1 heterocycles. The summed E-state index contributed by atoms with van der Waals surface area (Å²) in [7, 11) is 0. The third kappa shape index (κ3) is 5.43. The summed E-state index contributed by atoms with van der Waals surface area (Å²) in [5.74, 6) is 0. The molecular weight excluding hydrogens is 737 g/mol. The summed E-state index contributed by atoms with van der Waals surface area (Å²) in [5.41, 5.74) is 16.4. The van der Waals surface area contributed by atoms with Gasteiger partial charge in [0.05, 0.1) is 16.4 Å². The highest BCUT2D eigenvalue weighted by Crippen LogP contribution is 2.59. The second-order valence-corrected chi connectivity index (χ2v) is 16.1. The van der Waals surface area contributed by atoms with E-state index in [-0.39, 0.29) is 0 Å². The maximum absolute atomic E-state index is 2.48. The van der Waals surface area contributed by atoms with E-state index < -0.39 is 5.41 Å². The average molecular weight is 777 g/mol. The molecule has 0 spiro atoms. The van der Waals surface area contributed by atoms with E-state index in [0.29, 0.717) is 0 Å². The molecule has 0 radical (unpaired) electrons. The van der Waals surface area contributed by atoms with Crippen molar-refractivity contribution < 1.29 is 0 Å². The van der Waals surface area contributed by atoms with Crippen molar-refractivity contribution >= 4 is 49.6 Å². The Bertz CT molecular complexity index is 3390. The van der Waals surface area contributed by atoms with Gasteiger partial charge in [0.1, 0.15) is 0 Å². The van der Waals surface area contributed by atoms with E-state index in [0.717, 1.165) is 22.7 Å². The van der Waals surface area contributed by atoms with Crippen molar-refractivity contribution in [2.45, 2.75) is 5.41 Å². The minimum absolute atomic E-state index is 0.559. The van der Waals surface area contributed by atoms with E-state index in [1.807, 2.05) is 0 Å². The monoisotopic (exact) mass is 776 g/mol. The summed E-state index contributed by atoms with van der Waals surface area (Å²) in [6, 6.07) is 89.0. The molecule has 2 heteroatoms. The molecule has 1 atom stereocenters. The Hall–Kier alpha value is -7.94. The summed E-state index contributed by atoms with van der Waals surface area (Å²) < 4.78 is 2.48. The van der Waals surface area contributed by atoms with Crippen molar-refractivity contribution in [1.82, 2.24) is 4.57 Å². The van der Waals surface area contributed by atoms with Crippen LogP contribution in [-0.2, 0) is 5.41 Å². The van der Waals surface area contributed by atoms with Crippen LogP contribution in [0.4, 0.5) is 17.1 Å². The molecule has 0 bridgehead atoms. The molecule has 1 aromatic heterocycles. The molecule has 61 heavy (non-hydrogen) atoms. The molecule has 2 nitrogen and oxygen atoms in total. The van der Waals surface area contributed by atoms with Gasteiger partial charge in [0.2, 0.25) is 0 Å². The summed E-state index contributed by atoms with van der Waals surface area (Å²) in [5, 5.41) is 5.02. The number of hydrogen-bond donors (Lipinski definition) is 0. The summed E-state index contributed by atoms with van der Waals surface area (Å²) in [4.78, 5) is 2.36. The largest absolute Gasteiger partial charge is 0.311 e. The van der Waals surface area contributed by atoms with Gasteiger partial charge in [-0.15, -0.1) is 0 Å². The first-order chi connectivity index (χ1) is 30.3. The van der Waals surface area contributed by atoms with Crippen LogP contribution in [0.15, 0.2) is 243 Å². The zero-order valence-corrected chi connectivity index (χ0v) is 33.5. The van der Waals surface area contributed by atoms with Crippen LogP contribution in [0.2, 0.25) is 0 Å². The smallest absolute Gasteiger partial charge is 0.0714 e. The lowest BCUT2D eigenvalue weighted by atomic mass is 9.67. The Balaban J connectivity index is 1.05. The third-order valence-electron chi connectivity index (χ3n) is 12.8. The van der Waals surface area contributed by atoms with Gasteiger partial charge in [0, 0.05) is 39.1 Å². The number of rotatable bonds is 7. The molecule has 10 aromatic carbocycles. The fraction of sp³-hybridized carbons (Fsp3) is 0.0169. The van der Waals surface area contributed by atoms with Crippen molar-refractivity contribution in [1.29, 1.82) is 0 Å². The van der Waals surface area contributed by atoms with Crippen LogP contribution in [0.25, 0.3) is 60.5 Å². The van der Waals surface area contributed by atoms with E-state index in [2.05, 4.69) is 252 Å². The van der Waals surface area contributed by atoms with Crippen LogP contribution >= 0.6 is 0 Å². The van der Waals surface area contributed by atoms with Gasteiger partial charge in [-0.2, -0.15) is 0 Å². The molecule has 0 N–H and O–H groups in total. The van der Waals surface area contributed by atoms with Crippen molar-refractivity contribution in [2.24, 2.45) is 0 Å².